The zero-order chi connectivity index (χ0) is 15.8. The summed E-state index contributed by atoms with van der Waals surface area (Å²) in [6.07, 6.45) is 0. The summed E-state index contributed by atoms with van der Waals surface area (Å²) < 4.78 is 0. The zero-order valence-electron chi connectivity index (χ0n) is 12.3. The van der Waals surface area contributed by atoms with Crippen molar-refractivity contribution < 1.29 is 0 Å². The van der Waals surface area contributed by atoms with Crippen LogP contribution in [-0.4, -0.2) is 9.97 Å². The summed E-state index contributed by atoms with van der Waals surface area (Å²) in [5, 5.41) is 3.25. The predicted molar refractivity (Wildman–Crippen MR) is 94.7 cm³/mol. The Labute approximate surface area is 132 Å². The Kier molecular flexibility index (Phi) is 3.06. The van der Waals surface area contributed by atoms with Crippen molar-refractivity contribution in [3.8, 4) is 11.1 Å². The number of nitrogens with zero attached hydrogens (tertiary/aromatic N) is 2. The molecular weight excluding hydrogens is 286 g/mol. The van der Waals surface area contributed by atoms with E-state index < -0.39 is 0 Å². The molecule has 0 radical (unpaired) electrons. The second-order valence-electron chi connectivity index (χ2n) is 5.33. The summed E-state index contributed by atoms with van der Waals surface area (Å²) in [6.45, 7) is 0. The number of rotatable bonds is 2. The standard InChI is InChI=1S/C18H15N5/c19-18-21-16-9-8-12(10-15(16)17(22-18)23-20)14-7-3-5-11-4-1-2-6-13(11)14/h1-10H,20H2,(H3,19,21,22,23). The molecule has 0 aliphatic carbocycles. The SMILES string of the molecule is NNc1nc(N)nc2ccc(-c3cccc4ccccc34)cc12. The molecular formula is C18H15N5. The molecule has 4 rings (SSSR count). The van der Waals surface area contributed by atoms with Gasteiger partial charge in [0.15, 0.2) is 5.82 Å². The number of aromatic nitrogens is 2. The van der Waals surface area contributed by atoms with Gasteiger partial charge in [-0.05, 0) is 34.0 Å². The highest BCUT2D eigenvalue weighted by Crippen LogP contribution is 2.32. The van der Waals surface area contributed by atoms with Crippen molar-refractivity contribution in [3.63, 3.8) is 0 Å². The third-order valence-electron chi connectivity index (χ3n) is 3.95. The van der Waals surface area contributed by atoms with Crippen LogP contribution in [0.25, 0.3) is 32.8 Å². The lowest BCUT2D eigenvalue weighted by Gasteiger charge is -2.10. The van der Waals surface area contributed by atoms with Gasteiger partial charge in [0.2, 0.25) is 5.95 Å². The summed E-state index contributed by atoms with van der Waals surface area (Å²) in [5.74, 6) is 6.29. The van der Waals surface area contributed by atoms with Crippen LogP contribution in [0, 0.1) is 0 Å². The third-order valence-corrected chi connectivity index (χ3v) is 3.95. The third kappa shape index (κ3) is 2.23. The highest BCUT2D eigenvalue weighted by Gasteiger charge is 2.09. The van der Waals surface area contributed by atoms with Crippen LogP contribution in [0.15, 0.2) is 60.7 Å². The minimum Gasteiger partial charge on any atom is -0.368 e. The van der Waals surface area contributed by atoms with E-state index in [0.29, 0.717) is 5.82 Å². The minimum atomic E-state index is 0.198. The number of nitrogens with two attached hydrogens (primary N) is 2. The van der Waals surface area contributed by atoms with Crippen molar-refractivity contribution in [3.05, 3.63) is 60.7 Å². The molecule has 0 aliphatic rings. The monoisotopic (exact) mass is 301 g/mol. The molecule has 0 amide bonds. The molecule has 0 fully saturated rings. The van der Waals surface area contributed by atoms with Crippen LogP contribution in [0.4, 0.5) is 11.8 Å². The van der Waals surface area contributed by atoms with Gasteiger partial charge in [-0.15, -0.1) is 0 Å². The van der Waals surface area contributed by atoms with Gasteiger partial charge >= 0.3 is 0 Å². The van der Waals surface area contributed by atoms with Gasteiger partial charge in [0.25, 0.3) is 0 Å². The molecule has 5 heteroatoms. The first-order valence-corrected chi connectivity index (χ1v) is 7.28. The Morgan fingerprint density at radius 2 is 1.65 bits per heavy atom. The van der Waals surface area contributed by atoms with Crippen molar-refractivity contribution in [1.82, 2.24) is 9.97 Å². The molecule has 0 unspecified atom stereocenters. The average molecular weight is 301 g/mol. The number of hydrogen-bond acceptors (Lipinski definition) is 5. The number of hydrogen-bond donors (Lipinski definition) is 3. The first kappa shape index (κ1) is 13.5. The first-order chi connectivity index (χ1) is 11.3. The Hall–Kier alpha value is -3.18. The first-order valence-electron chi connectivity index (χ1n) is 7.28. The zero-order valence-corrected chi connectivity index (χ0v) is 12.3. The fraction of sp³-hybridized carbons (Fsp3) is 0. The fourth-order valence-corrected chi connectivity index (χ4v) is 2.90. The van der Waals surface area contributed by atoms with Gasteiger partial charge in [0.1, 0.15) is 0 Å². The van der Waals surface area contributed by atoms with Crippen molar-refractivity contribution in [2.45, 2.75) is 0 Å². The molecule has 23 heavy (non-hydrogen) atoms. The Bertz CT molecular complexity index is 1020. The lowest BCUT2D eigenvalue weighted by molar-refractivity contribution is 1.19. The number of nitrogens with one attached hydrogen (secondary N) is 1. The minimum absolute atomic E-state index is 0.198. The number of nitrogen functional groups attached to an aromatic ring is 2. The maximum atomic E-state index is 5.71. The normalized spacial score (nSPS) is 11.0. The van der Waals surface area contributed by atoms with Gasteiger partial charge in [-0.3, -0.25) is 0 Å². The molecule has 0 saturated carbocycles. The Morgan fingerprint density at radius 3 is 2.52 bits per heavy atom. The van der Waals surface area contributed by atoms with E-state index in [2.05, 4.69) is 45.7 Å². The summed E-state index contributed by atoms with van der Waals surface area (Å²) in [7, 11) is 0. The number of hydrazine groups is 1. The van der Waals surface area contributed by atoms with Crippen LogP contribution in [0.1, 0.15) is 0 Å². The highest BCUT2D eigenvalue weighted by molar-refractivity contribution is 6.00. The molecule has 5 nitrogen and oxygen atoms in total. The molecule has 1 heterocycles. The quantitative estimate of drug-likeness (QED) is 0.390. The van der Waals surface area contributed by atoms with Crippen molar-refractivity contribution in [2.75, 3.05) is 11.2 Å². The van der Waals surface area contributed by atoms with E-state index in [-0.39, 0.29) is 5.95 Å². The van der Waals surface area contributed by atoms with Crippen LogP contribution in [-0.2, 0) is 0 Å². The van der Waals surface area contributed by atoms with Crippen molar-refractivity contribution in [2.24, 2.45) is 5.84 Å². The Balaban J connectivity index is 2.00. The van der Waals surface area contributed by atoms with E-state index in [1.165, 1.54) is 10.8 Å². The summed E-state index contributed by atoms with van der Waals surface area (Å²) in [4.78, 5) is 8.40. The van der Waals surface area contributed by atoms with Gasteiger partial charge in [-0.25, -0.2) is 10.8 Å². The van der Waals surface area contributed by atoms with Crippen LogP contribution in [0.2, 0.25) is 0 Å². The molecule has 0 spiro atoms. The van der Waals surface area contributed by atoms with Crippen LogP contribution in [0.5, 0.6) is 0 Å². The molecule has 0 bridgehead atoms. The predicted octanol–water partition coefficient (Wildman–Crippen LogP) is 3.32. The molecule has 3 aromatic carbocycles. The second-order valence-corrected chi connectivity index (χ2v) is 5.33. The van der Waals surface area contributed by atoms with E-state index in [1.54, 1.807) is 0 Å². The molecule has 0 aliphatic heterocycles. The molecule has 0 atom stereocenters. The van der Waals surface area contributed by atoms with Gasteiger partial charge < -0.3 is 11.2 Å². The van der Waals surface area contributed by atoms with Crippen molar-refractivity contribution >= 4 is 33.4 Å². The number of benzene rings is 3. The van der Waals surface area contributed by atoms with Gasteiger partial charge in [0.05, 0.1) is 5.52 Å². The number of fused-ring (bicyclic) bond motifs is 2. The van der Waals surface area contributed by atoms with Gasteiger partial charge in [-0.1, -0.05) is 48.5 Å². The molecule has 5 N–H and O–H groups in total. The largest absolute Gasteiger partial charge is 0.368 e. The van der Waals surface area contributed by atoms with Crippen LogP contribution >= 0.6 is 0 Å². The van der Waals surface area contributed by atoms with E-state index >= 15 is 0 Å². The maximum Gasteiger partial charge on any atom is 0.222 e. The summed E-state index contributed by atoms with van der Waals surface area (Å²) in [6, 6.07) is 20.6. The smallest absolute Gasteiger partial charge is 0.222 e. The molecule has 112 valence electrons. The van der Waals surface area contributed by atoms with Crippen LogP contribution in [0.3, 0.4) is 0 Å². The van der Waals surface area contributed by atoms with E-state index in [0.717, 1.165) is 22.0 Å². The second kappa shape index (κ2) is 5.23. The number of anilines is 2. The van der Waals surface area contributed by atoms with E-state index in [4.69, 9.17) is 11.6 Å². The van der Waals surface area contributed by atoms with Crippen molar-refractivity contribution in [1.29, 1.82) is 0 Å². The summed E-state index contributed by atoms with van der Waals surface area (Å²) in [5.41, 5.74) is 11.3. The molecule has 1 aromatic heterocycles. The topological polar surface area (TPSA) is 89.8 Å². The highest BCUT2D eigenvalue weighted by atomic mass is 15.3. The lowest BCUT2D eigenvalue weighted by Crippen LogP contribution is -2.11. The molecule has 4 aromatic rings. The lowest BCUT2D eigenvalue weighted by atomic mass is 9.97. The molecule has 0 saturated heterocycles. The fourth-order valence-electron chi connectivity index (χ4n) is 2.90. The van der Waals surface area contributed by atoms with E-state index in [9.17, 15) is 0 Å². The van der Waals surface area contributed by atoms with Crippen LogP contribution < -0.4 is 17.0 Å². The van der Waals surface area contributed by atoms with E-state index in [1.807, 2.05) is 30.3 Å². The van der Waals surface area contributed by atoms with Gasteiger partial charge in [-0.2, -0.15) is 4.98 Å². The maximum absolute atomic E-state index is 5.71. The van der Waals surface area contributed by atoms with Gasteiger partial charge in [0, 0.05) is 5.39 Å². The summed E-state index contributed by atoms with van der Waals surface area (Å²) >= 11 is 0. The average Bonchev–Trinajstić information content (AvgIpc) is 2.60. The Morgan fingerprint density at radius 1 is 0.826 bits per heavy atom.